The van der Waals surface area contributed by atoms with Crippen LogP contribution in [0.15, 0.2) is 108 Å². The van der Waals surface area contributed by atoms with E-state index in [0.717, 1.165) is 0 Å². The molecule has 3 aromatic carbocycles. The minimum Gasteiger partial charge on any atom is -0.591 e. The van der Waals surface area contributed by atoms with Gasteiger partial charge < -0.3 is 27.9 Å². The summed E-state index contributed by atoms with van der Waals surface area (Å²) in [5, 5.41) is -0.00315. The standard InChI is InChI=1S/C42H53NO9S2Si/c1-10-29(27-48-55(8,9)42(5,6)7)28-53-40-36(52-39(46)32-24-18-13-19-25-32)35(51-38(45)31-22-16-12-17-23-31)34(50-37(44)30-20-14-11-15-21-30)33(49-40)26-43-54(47)41(2,3)4/h10-26,29,33-36,40H,1,27-28H2,2-9H3/b43-26+/t29?,33-,34+,35+,36-,40-,54-/m1/s1. The molecule has 1 heterocycles. The Labute approximate surface area is 333 Å². The van der Waals surface area contributed by atoms with Crippen LogP contribution in [-0.2, 0) is 34.7 Å². The first-order chi connectivity index (χ1) is 25.9. The van der Waals surface area contributed by atoms with Gasteiger partial charge in [-0.05, 0) is 75.3 Å². The molecule has 0 N–H and O–H groups in total. The van der Waals surface area contributed by atoms with E-state index in [-0.39, 0.29) is 27.6 Å². The quantitative estimate of drug-likeness (QED) is 0.0368. The van der Waals surface area contributed by atoms with Crippen LogP contribution in [-0.4, -0.2) is 84.0 Å². The second-order valence-electron chi connectivity index (χ2n) is 15.7. The van der Waals surface area contributed by atoms with Crippen LogP contribution in [0.4, 0.5) is 0 Å². The number of ether oxygens (including phenoxy) is 4. The van der Waals surface area contributed by atoms with Gasteiger partial charge in [-0.1, -0.05) is 85.8 Å². The fourth-order valence-corrected chi connectivity index (χ4v) is 7.88. The average molecular weight is 808 g/mol. The van der Waals surface area contributed by atoms with Crippen molar-refractivity contribution in [1.82, 2.24) is 0 Å². The molecule has 55 heavy (non-hydrogen) atoms. The molecule has 4 rings (SSSR count). The number of thioether (sulfide) groups is 1. The number of esters is 3. The summed E-state index contributed by atoms with van der Waals surface area (Å²) in [6.45, 7) is 20.7. The topological polar surface area (TPSA) is 133 Å². The molecule has 296 valence electrons. The van der Waals surface area contributed by atoms with E-state index in [4.69, 9.17) is 23.4 Å². The second kappa shape index (κ2) is 19.4. The van der Waals surface area contributed by atoms with Crippen molar-refractivity contribution in [1.29, 1.82) is 0 Å². The minimum atomic E-state index is -2.10. The molecule has 1 saturated heterocycles. The molecule has 0 spiro atoms. The first-order valence-electron chi connectivity index (χ1n) is 18.2. The van der Waals surface area contributed by atoms with Gasteiger partial charge >= 0.3 is 17.9 Å². The largest absolute Gasteiger partial charge is 0.591 e. The Morgan fingerprint density at radius 1 is 0.800 bits per heavy atom. The van der Waals surface area contributed by atoms with Gasteiger partial charge in [0.05, 0.1) is 22.9 Å². The third kappa shape index (κ3) is 12.4. The smallest absolute Gasteiger partial charge is 0.338 e. The summed E-state index contributed by atoms with van der Waals surface area (Å²) in [6.07, 6.45) is -2.11. The predicted octanol–water partition coefficient (Wildman–Crippen LogP) is 8.48. The zero-order chi connectivity index (χ0) is 40.4. The van der Waals surface area contributed by atoms with Gasteiger partial charge in [0.1, 0.15) is 27.6 Å². The Balaban J connectivity index is 1.80. The van der Waals surface area contributed by atoms with E-state index in [2.05, 4.69) is 44.8 Å². The normalized spacial score (nSPS) is 21.7. The molecule has 0 bridgehead atoms. The molecule has 13 heteroatoms. The monoisotopic (exact) mass is 807 g/mol. The van der Waals surface area contributed by atoms with Gasteiger partial charge in [0.2, 0.25) is 0 Å². The summed E-state index contributed by atoms with van der Waals surface area (Å²) >= 11 is -0.400. The van der Waals surface area contributed by atoms with Gasteiger partial charge in [0.15, 0.2) is 26.6 Å². The van der Waals surface area contributed by atoms with Gasteiger partial charge in [0, 0.05) is 18.3 Å². The summed E-state index contributed by atoms with van der Waals surface area (Å²) in [5.41, 5.74) is -0.265. The van der Waals surface area contributed by atoms with Crippen LogP contribution in [0.2, 0.25) is 18.1 Å². The Morgan fingerprint density at radius 3 is 1.65 bits per heavy atom. The molecule has 10 nitrogen and oxygen atoms in total. The molecule has 1 aliphatic rings. The number of carbonyl (C=O) groups excluding carboxylic acids is 3. The van der Waals surface area contributed by atoms with E-state index in [9.17, 15) is 18.9 Å². The Bertz CT molecular complexity index is 1750. The van der Waals surface area contributed by atoms with Crippen molar-refractivity contribution >= 4 is 55.6 Å². The zero-order valence-corrected chi connectivity index (χ0v) is 35.5. The summed E-state index contributed by atoms with van der Waals surface area (Å²) < 4.78 is 48.5. The van der Waals surface area contributed by atoms with Gasteiger partial charge in [-0.2, -0.15) is 0 Å². The van der Waals surface area contributed by atoms with Crippen molar-refractivity contribution < 1.29 is 42.3 Å². The van der Waals surface area contributed by atoms with Crippen molar-refractivity contribution in [2.24, 2.45) is 10.3 Å². The highest BCUT2D eigenvalue weighted by atomic mass is 32.2. The molecule has 3 aromatic rings. The van der Waals surface area contributed by atoms with E-state index < -0.39 is 72.2 Å². The summed E-state index contributed by atoms with van der Waals surface area (Å²) in [6, 6.07) is 25.0. The molecule has 0 amide bonds. The molecule has 0 aromatic heterocycles. The molecule has 1 unspecified atom stereocenters. The van der Waals surface area contributed by atoms with Crippen LogP contribution in [0.5, 0.6) is 0 Å². The number of hydrogen-bond acceptors (Lipinski definition) is 11. The molecule has 7 atom stereocenters. The highest BCUT2D eigenvalue weighted by Crippen LogP contribution is 2.39. The number of nitrogens with zero attached hydrogens (tertiary/aromatic N) is 1. The highest BCUT2D eigenvalue weighted by molar-refractivity contribution is 7.99. The van der Waals surface area contributed by atoms with Gasteiger partial charge in [0.25, 0.3) is 0 Å². The summed E-state index contributed by atoms with van der Waals surface area (Å²) in [7, 11) is -2.10. The lowest BCUT2D eigenvalue weighted by atomic mass is 9.99. The fourth-order valence-electron chi connectivity index (χ4n) is 4.99. The highest BCUT2D eigenvalue weighted by Gasteiger charge is 2.53. The molecule has 0 radical (unpaired) electrons. The first-order valence-corrected chi connectivity index (χ1v) is 23.3. The summed E-state index contributed by atoms with van der Waals surface area (Å²) in [4.78, 5) is 41.3. The average Bonchev–Trinajstić information content (AvgIpc) is 3.15. The molecular formula is C42H53NO9S2Si. The van der Waals surface area contributed by atoms with Crippen molar-refractivity contribution in [2.75, 3.05) is 12.4 Å². The summed E-state index contributed by atoms with van der Waals surface area (Å²) in [5.74, 6) is -1.88. The van der Waals surface area contributed by atoms with Crippen LogP contribution < -0.4 is 0 Å². The minimum absolute atomic E-state index is 0.00315. The van der Waals surface area contributed by atoms with Crippen molar-refractivity contribution in [2.45, 2.75) is 94.3 Å². The SMILES string of the molecule is C=CC(CO[Si](C)(C)C(C)(C)C)CS[C@H]1O[C@H](/C=N/[S@+]([O-])C(C)(C)C)[C@H](OC(=O)c2ccccc2)[C@H](OC(=O)c2ccccc2)[C@H]1OC(=O)c1ccccc1. The van der Waals surface area contributed by atoms with E-state index in [1.165, 1.54) is 18.0 Å². The van der Waals surface area contributed by atoms with Crippen LogP contribution in [0.25, 0.3) is 0 Å². The zero-order valence-electron chi connectivity index (χ0n) is 32.8. The van der Waals surface area contributed by atoms with Crippen molar-refractivity contribution in [3.05, 3.63) is 120 Å². The van der Waals surface area contributed by atoms with Crippen LogP contribution in [0, 0.1) is 5.92 Å². The fraction of sp³-hybridized carbons (Fsp3) is 0.429. The molecular weight excluding hydrogens is 755 g/mol. The van der Waals surface area contributed by atoms with E-state index >= 15 is 0 Å². The Morgan fingerprint density at radius 2 is 1.24 bits per heavy atom. The van der Waals surface area contributed by atoms with Crippen LogP contribution in [0.1, 0.15) is 72.6 Å². The maximum absolute atomic E-state index is 13.8. The third-order valence-electron chi connectivity index (χ3n) is 9.39. The molecule has 1 aliphatic heterocycles. The lowest BCUT2D eigenvalue weighted by molar-refractivity contribution is -0.181. The Hall–Kier alpha value is -3.72. The van der Waals surface area contributed by atoms with Crippen LogP contribution >= 0.6 is 11.8 Å². The van der Waals surface area contributed by atoms with E-state index in [1.54, 1.807) is 112 Å². The number of benzene rings is 3. The van der Waals surface area contributed by atoms with Gasteiger partial charge in [-0.25, -0.2) is 14.4 Å². The lowest BCUT2D eigenvalue weighted by Crippen LogP contribution is -2.61. The maximum Gasteiger partial charge on any atom is 0.338 e. The van der Waals surface area contributed by atoms with E-state index in [1.807, 2.05) is 6.08 Å². The predicted molar refractivity (Wildman–Crippen MR) is 221 cm³/mol. The molecule has 0 saturated carbocycles. The van der Waals surface area contributed by atoms with Gasteiger partial charge in [-0.15, -0.1) is 18.3 Å². The first kappa shape index (κ1) is 44.0. The maximum atomic E-state index is 13.8. The lowest BCUT2D eigenvalue weighted by Gasteiger charge is -2.43. The van der Waals surface area contributed by atoms with Gasteiger partial charge in [-0.3, -0.25) is 0 Å². The van der Waals surface area contributed by atoms with Crippen LogP contribution in [0.3, 0.4) is 0 Å². The molecule has 0 aliphatic carbocycles. The molecule has 1 fully saturated rings. The Kier molecular flexibility index (Phi) is 15.5. The number of rotatable bonds is 15. The van der Waals surface area contributed by atoms with Crippen molar-refractivity contribution in [3.8, 4) is 0 Å². The number of hydrogen-bond donors (Lipinski definition) is 0. The van der Waals surface area contributed by atoms with Crippen molar-refractivity contribution in [3.63, 3.8) is 0 Å². The van der Waals surface area contributed by atoms with E-state index in [0.29, 0.717) is 12.4 Å². The number of carbonyl (C=O) groups is 3. The second-order valence-corrected chi connectivity index (χ2v) is 23.6. The third-order valence-corrected chi connectivity index (χ3v) is 16.6.